The van der Waals surface area contributed by atoms with Gasteiger partial charge in [0.2, 0.25) is 12.3 Å². The van der Waals surface area contributed by atoms with E-state index in [1.165, 1.54) is 24.8 Å². The van der Waals surface area contributed by atoms with Crippen molar-refractivity contribution in [3.8, 4) is 0 Å². The van der Waals surface area contributed by atoms with Crippen molar-refractivity contribution < 1.29 is 19.1 Å². The second kappa shape index (κ2) is 6.67. The van der Waals surface area contributed by atoms with Gasteiger partial charge in [0.25, 0.3) is 0 Å². The fraction of sp³-hybridized carbons (Fsp3) is 0.600. The molecule has 1 heterocycles. The van der Waals surface area contributed by atoms with E-state index in [-0.39, 0.29) is 30.8 Å². The lowest BCUT2D eigenvalue weighted by Gasteiger charge is -2.27. The minimum atomic E-state index is -0.755. The van der Waals surface area contributed by atoms with Crippen molar-refractivity contribution in [2.24, 2.45) is 5.92 Å². The molecular weight excluding hydrogens is 230 g/mol. The number of carbonyl (C=O) groups is 2. The predicted octanol–water partition coefficient (Wildman–Crippen LogP) is 0.515. The van der Waals surface area contributed by atoms with Crippen LogP contribution in [0.3, 0.4) is 0 Å². The summed E-state index contributed by atoms with van der Waals surface area (Å²) in [6.45, 7) is 2.07. The van der Waals surface area contributed by atoms with Crippen molar-refractivity contribution >= 4 is 23.5 Å². The zero-order valence-corrected chi connectivity index (χ0v) is 10.1. The lowest BCUT2D eigenvalue weighted by Crippen LogP contribution is -2.45. The first-order valence-electron chi connectivity index (χ1n) is 4.87. The highest BCUT2D eigenvalue weighted by atomic mass is 32.2. The number of hydrogen-bond acceptors (Lipinski definition) is 5. The first kappa shape index (κ1) is 13.2. The third-order valence-corrected chi connectivity index (χ3v) is 2.50. The van der Waals surface area contributed by atoms with Crippen LogP contribution >= 0.6 is 11.8 Å². The molecule has 6 heteroatoms. The van der Waals surface area contributed by atoms with Gasteiger partial charge < -0.3 is 14.8 Å². The van der Waals surface area contributed by atoms with Crippen LogP contribution in [0.5, 0.6) is 0 Å². The van der Waals surface area contributed by atoms with E-state index in [9.17, 15) is 9.59 Å². The molecule has 0 aromatic carbocycles. The summed E-state index contributed by atoms with van der Waals surface area (Å²) in [6.07, 6.45) is 2.50. The van der Waals surface area contributed by atoms with E-state index >= 15 is 0 Å². The standard InChI is InChI=1S/C10H15NO4S/c1-7(12)8-5-14-10(15-6-8)11-9(13)3-4-16-2/h3-4,8,10H,5-6H2,1-2H3,(H,11,13). The summed E-state index contributed by atoms with van der Waals surface area (Å²) in [5.41, 5.74) is 0. The topological polar surface area (TPSA) is 64.6 Å². The van der Waals surface area contributed by atoms with Gasteiger partial charge in [-0.25, -0.2) is 0 Å². The van der Waals surface area contributed by atoms with Crippen LogP contribution in [0.25, 0.3) is 0 Å². The van der Waals surface area contributed by atoms with Gasteiger partial charge in [-0.2, -0.15) is 0 Å². The second-order valence-corrected chi connectivity index (χ2v) is 4.10. The minimum Gasteiger partial charge on any atom is -0.334 e. The average molecular weight is 245 g/mol. The minimum absolute atomic E-state index is 0.0343. The molecule has 0 spiro atoms. The number of Topliss-reactive ketones (excluding diaryl/α,β-unsaturated/α-hetero) is 1. The molecule has 0 aliphatic carbocycles. The van der Waals surface area contributed by atoms with Crippen LogP contribution in [-0.4, -0.2) is 37.6 Å². The second-order valence-electron chi connectivity index (χ2n) is 3.35. The average Bonchev–Trinajstić information content (AvgIpc) is 2.27. The van der Waals surface area contributed by atoms with E-state index in [0.717, 1.165) is 0 Å². The summed E-state index contributed by atoms with van der Waals surface area (Å²) in [7, 11) is 0. The van der Waals surface area contributed by atoms with Crippen LogP contribution in [0, 0.1) is 5.92 Å². The van der Waals surface area contributed by atoms with Crippen LogP contribution in [-0.2, 0) is 19.1 Å². The summed E-state index contributed by atoms with van der Waals surface area (Å²) in [4.78, 5) is 22.3. The molecule has 1 aliphatic rings. The van der Waals surface area contributed by atoms with E-state index in [1.807, 2.05) is 6.26 Å². The number of carbonyl (C=O) groups excluding carboxylic acids is 2. The van der Waals surface area contributed by atoms with Crippen molar-refractivity contribution in [3.63, 3.8) is 0 Å². The molecule has 1 N–H and O–H groups in total. The Balaban J connectivity index is 2.29. The molecule has 1 rings (SSSR count). The molecule has 0 radical (unpaired) electrons. The lowest BCUT2D eigenvalue weighted by molar-refractivity contribution is -0.212. The number of thioether (sulfide) groups is 1. The summed E-state index contributed by atoms with van der Waals surface area (Å²) < 4.78 is 10.4. The first-order valence-corrected chi connectivity index (χ1v) is 6.15. The van der Waals surface area contributed by atoms with Gasteiger partial charge in [-0.15, -0.1) is 11.8 Å². The largest absolute Gasteiger partial charge is 0.334 e. The maximum absolute atomic E-state index is 11.2. The van der Waals surface area contributed by atoms with Crippen molar-refractivity contribution in [1.82, 2.24) is 5.32 Å². The Kier molecular flexibility index (Phi) is 5.51. The Morgan fingerprint density at radius 1 is 1.38 bits per heavy atom. The molecule has 0 unspecified atom stereocenters. The lowest BCUT2D eigenvalue weighted by atomic mass is 10.1. The number of ketones is 1. The van der Waals surface area contributed by atoms with Gasteiger partial charge in [-0.05, 0) is 18.6 Å². The molecule has 0 aromatic rings. The third-order valence-electron chi connectivity index (χ3n) is 2.09. The number of hydrogen-bond donors (Lipinski definition) is 1. The molecule has 0 aromatic heterocycles. The fourth-order valence-electron chi connectivity index (χ4n) is 1.12. The molecule has 16 heavy (non-hydrogen) atoms. The number of amides is 1. The van der Waals surface area contributed by atoms with Gasteiger partial charge in [0.05, 0.1) is 19.1 Å². The van der Waals surface area contributed by atoms with Crippen molar-refractivity contribution in [3.05, 3.63) is 11.5 Å². The quantitative estimate of drug-likeness (QED) is 0.731. The van der Waals surface area contributed by atoms with Crippen LogP contribution < -0.4 is 5.32 Å². The molecule has 90 valence electrons. The fourth-order valence-corrected chi connectivity index (χ4v) is 1.38. The molecule has 1 amide bonds. The maximum atomic E-state index is 11.2. The van der Waals surface area contributed by atoms with Crippen molar-refractivity contribution in [2.45, 2.75) is 13.3 Å². The highest BCUT2D eigenvalue weighted by molar-refractivity contribution is 8.01. The first-order chi connectivity index (χ1) is 7.63. The van der Waals surface area contributed by atoms with Gasteiger partial charge >= 0.3 is 0 Å². The number of rotatable bonds is 4. The molecule has 1 fully saturated rings. The van der Waals surface area contributed by atoms with Crippen molar-refractivity contribution in [2.75, 3.05) is 19.5 Å². The van der Waals surface area contributed by atoms with Gasteiger partial charge in [-0.3, -0.25) is 9.59 Å². The van der Waals surface area contributed by atoms with Gasteiger partial charge in [-0.1, -0.05) is 0 Å². The zero-order valence-electron chi connectivity index (χ0n) is 9.26. The highest BCUT2D eigenvalue weighted by Crippen LogP contribution is 2.10. The summed E-state index contributed by atoms with van der Waals surface area (Å²) in [5, 5.41) is 4.18. The molecular formula is C10H15NO4S. The third kappa shape index (κ3) is 4.34. The van der Waals surface area contributed by atoms with Gasteiger partial charge in [0.1, 0.15) is 5.78 Å². The SMILES string of the molecule is CSC=CC(=O)NC1OCC(C(C)=O)CO1. The zero-order chi connectivity index (χ0) is 12.0. The van der Waals surface area contributed by atoms with E-state index < -0.39 is 6.41 Å². The smallest absolute Gasteiger partial charge is 0.248 e. The molecule has 1 aliphatic heterocycles. The molecule has 1 saturated heterocycles. The maximum Gasteiger partial charge on any atom is 0.248 e. The summed E-state index contributed by atoms with van der Waals surface area (Å²) >= 11 is 1.43. The number of ether oxygens (including phenoxy) is 2. The molecule has 0 atom stereocenters. The monoisotopic (exact) mass is 245 g/mol. The number of nitrogens with one attached hydrogen (secondary N) is 1. The van der Waals surface area contributed by atoms with E-state index in [2.05, 4.69) is 5.32 Å². The molecule has 5 nitrogen and oxygen atoms in total. The van der Waals surface area contributed by atoms with Crippen molar-refractivity contribution in [1.29, 1.82) is 0 Å². The summed E-state index contributed by atoms with van der Waals surface area (Å²) in [6, 6.07) is 0. The Labute approximate surface area is 98.6 Å². The normalized spacial score (nSPS) is 25.6. The van der Waals surface area contributed by atoms with E-state index in [0.29, 0.717) is 0 Å². The van der Waals surface area contributed by atoms with Crippen LogP contribution in [0.4, 0.5) is 0 Å². The van der Waals surface area contributed by atoms with Gasteiger partial charge in [0, 0.05) is 6.08 Å². The Hall–Kier alpha value is -0.850. The van der Waals surface area contributed by atoms with Gasteiger partial charge in [0.15, 0.2) is 0 Å². The predicted molar refractivity (Wildman–Crippen MR) is 60.7 cm³/mol. The van der Waals surface area contributed by atoms with E-state index in [1.54, 1.807) is 5.41 Å². The Bertz CT molecular complexity index is 285. The molecule has 0 saturated carbocycles. The van der Waals surface area contributed by atoms with E-state index in [4.69, 9.17) is 9.47 Å². The molecule has 0 bridgehead atoms. The van der Waals surface area contributed by atoms with Crippen LogP contribution in [0.2, 0.25) is 0 Å². The van der Waals surface area contributed by atoms with Crippen LogP contribution in [0.1, 0.15) is 6.92 Å². The van der Waals surface area contributed by atoms with Crippen LogP contribution in [0.15, 0.2) is 11.5 Å². The Morgan fingerprint density at radius 3 is 2.50 bits per heavy atom. The highest BCUT2D eigenvalue weighted by Gasteiger charge is 2.25. The Morgan fingerprint density at radius 2 is 2.00 bits per heavy atom. The summed E-state index contributed by atoms with van der Waals surface area (Å²) in [5.74, 6) is -0.470.